The van der Waals surface area contributed by atoms with E-state index in [1.807, 2.05) is 36.6 Å². The lowest BCUT2D eigenvalue weighted by molar-refractivity contribution is 0.581. The van der Waals surface area contributed by atoms with Crippen LogP contribution >= 0.6 is 0 Å². The molecular weight excluding hydrogens is 250 g/mol. The standard InChI is InChI=1S/C12H17N3O2S/c1-4-13-18(16,17)12-10-7-5-6-8-15(10)11(14-12)9(2)3/h5-9,13H,4H2,1-3H3. The van der Waals surface area contributed by atoms with Gasteiger partial charge in [-0.3, -0.25) is 0 Å². The van der Waals surface area contributed by atoms with E-state index >= 15 is 0 Å². The average Bonchev–Trinajstić information content (AvgIpc) is 2.69. The molecule has 0 aliphatic rings. The monoisotopic (exact) mass is 267 g/mol. The van der Waals surface area contributed by atoms with Crippen molar-refractivity contribution in [2.75, 3.05) is 6.54 Å². The fourth-order valence-electron chi connectivity index (χ4n) is 1.90. The first kappa shape index (κ1) is 13.0. The van der Waals surface area contributed by atoms with E-state index in [9.17, 15) is 8.42 Å². The molecule has 2 aromatic heterocycles. The molecule has 18 heavy (non-hydrogen) atoms. The van der Waals surface area contributed by atoms with Crippen molar-refractivity contribution in [3.05, 3.63) is 30.2 Å². The molecule has 2 rings (SSSR count). The van der Waals surface area contributed by atoms with E-state index in [-0.39, 0.29) is 10.9 Å². The Morgan fingerprint density at radius 1 is 1.39 bits per heavy atom. The van der Waals surface area contributed by atoms with Crippen LogP contribution in [-0.2, 0) is 10.0 Å². The summed E-state index contributed by atoms with van der Waals surface area (Å²) < 4.78 is 28.5. The SMILES string of the molecule is CCNS(=O)(=O)c1nc(C(C)C)n2ccccc12. The van der Waals surface area contributed by atoms with Crippen molar-refractivity contribution in [2.45, 2.75) is 31.7 Å². The van der Waals surface area contributed by atoms with Crippen LogP contribution in [-0.4, -0.2) is 24.3 Å². The predicted octanol–water partition coefficient (Wildman–Crippen LogP) is 1.76. The summed E-state index contributed by atoms with van der Waals surface area (Å²) in [7, 11) is -3.53. The third-order valence-corrected chi connectivity index (χ3v) is 4.13. The molecule has 0 amide bonds. The number of aromatic nitrogens is 2. The maximum absolute atomic E-state index is 12.1. The molecule has 0 atom stereocenters. The Morgan fingerprint density at radius 3 is 2.72 bits per heavy atom. The van der Waals surface area contributed by atoms with Crippen LogP contribution in [0.5, 0.6) is 0 Å². The summed E-state index contributed by atoms with van der Waals surface area (Å²) >= 11 is 0. The Hall–Kier alpha value is -1.40. The highest BCUT2D eigenvalue weighted by Crippen LogP contribution is 2.22. The minimum Gasteiger partial charge on any atom is -0.302 e. The van der Waals surface area contributed by atoms with Crippen LogP contribution in [0, 0.1) is 0 Å². The Labute approximate surface area is 107 Å². The lowest BCUT2D eigenvalue weighted by Crippen LogP contribution is -2.23. The second-order valence-corrected chi connectivity index (χ2v) is 6.07. The molecule has 0 radical (unpaired) electrons. The van der Waals surface area contributed by atoms with Crippen molar-refractivity contribution in [1.29, 1.82) is 0 Å². The molecule has 98 valence electrons. The van der Waals surface area contributed by atoms with E-state index in [0.29, 0.717) is 12.1 Å². The molecule has 0 spiro atoms. The molecule has 0 unspecified atom stereocenters. The van der Waals surface area contributed by atoms with Crippen LogP contribution in [0.15, 0.2) is 29.4 Å². The lowest BCUT2D eigenvalue weighted by Gasteiger charge is -2.02. The van der Waals surface area contributed by atoms with Crippen molar-refractivity contribution >= 4 is 15.5 Å². The topological polar surface area (TPSA) is 63.5 Å². The van der Waals surface area contributed by atoms with Gasteiger partial charge in [0.25, 0.3) is 10.0 Å². The molecule has 6 heteroatoms. The van der Waals surface area contributed by atoms with Gasteiger partial charge >= 0.3 is 0 Å². The normalized spacial score (nSPS) is 12.4. The Morgan fingerprint density at radius 2 is 2.11 bits per heavy atom. The van der Waals surface area contributed by atoms with Gasteiger partial charge in [0.05, 0.1) is 5.52 Å². The van der Waals surface area contributed by atoms with Gasteiger partial charge in [-0.05, 0) is 12.1 Å². The van der Waals surface area contributed by atoms with Gasteiger partial charge in [0, 0.05) is 18.7 Å². The van der Waals surface area contributed by atoms with Gasteiger partial charge in [0.2, 0.25) is 0 Å². The highest BCUT2D eigenvalue weighted by molar-refractivity contribution is 7.89. The lowest BCUT2D eigenvalue weighted by atomic mass is 10.2. The fraction of sp³-hybridized carbons (Fsp3) is 0.417. The first-order valence-electron chi connectivity index (χ1n) is 5.94. The molecule has 0 aliphatic carbocycles. The van der Waals surface area contributed by atoms with Gasteiger partial charge in [-0.15, -0.1) is 0 Å². The molecule has 0 saturated heterocycles. The number of hydrogen-bond donors (Lipinski definition) is 1. The zero-order valence-electron chi connectivity index (χ0n) is 10.7. The van der Waals surface area contributed by atoms with Crippen LogP contribution in [0.4, 0.5) is 0 Å². The number of nitrogens with zero attached hydrogens (tertiary/aromatic N) is 2. The van der Waals surface area contributed by atoms with Gasteiger partial charge in [0.1, 0.15) is 5.82 Å². The molecule has 0 fully saturated rings. The molecular formula is C12H17N3O2S. The third kappa shape index (κ3) is 2.13. The van der Waals surface area contributed by atoms with Gasteiger partial charge in [0.15, 0.2) is 5.03 Å². The number of imidazole rings is 1. The quantitative estimate of drug-likeness (QED) is 0.918. The van der Waals surface area contributed by atoms with Crippen molar-refractivity contribution in [3.8, 4) is 0 Å². The second kappa shape index (κ2) is 4.70. The zero-order chi connectivity index (χ0) is 13.3. The second-order valence-electron chi connectivity index (χ2n) is 4.39. The maximum Gasteiger partial charge on any atom is 0.260 e. The average molecular weight is 267 g/mol. The first-order chi connectivity index (χ1) is 8.47. The number of pyridine rings is 1. The van der Waals surface area contributed by atoms with E-state index < -0.39 is 10.0 Å². The van der Waals surface area contributed by atoms with Gasteiger partial charge in [-0.2, -0.15) is 0 Å². The van der Waals surface area contributed by atoms with Gasteiger partial charge in [-0.25, -0.2) is 18.1 Å². The van der Waals surface area contributed by atoms with Gasteiger partial charge in [-0.1, -0.05) is 26.8 Å². The molecule has 0 aliphatic heterocycles. The third-order valence-electron chi connectivity index (χ3n) is 2.65. The van der Waals surface area contributed by atoms with Crippen LogP contribution in [0.1, 0.15) is 32.5 Å². The number of sulfonamides is 1. The summed E-state index contributed by atoms with van der Waals surface area (Å²) in [5.41, 5.74) is 0.613. The minimum absolute atomic E-state index is 0.105. The zero-order valence-corrected chi connectivity index (χ0v) is 11.5. The van der Waals surface area contributed by atoms with Crippen LogP contribution in [0.2, 0.25) is 0 Å². The first-order valence-corrected chi connectivity index (χ1v) is 7.42. The summed E-state index contributed by atoms with van der Waals surface area (Å²) in [6.45, 7) is 6.08. The summed E-state index contributed by atoms with van der Waals surface area (Å²) in [5, 5.41) is 0.105. The summed E-state index contributed by atoms with van der Waals surface area (Å²) in [4.78, 5) is 4.29. The van der Waals surface area contributed by atoms with E-state index in [1.54, 1.807) is 13.0 Å². The summed E-state index contributed by atoms with van der Waals surface area (Å²) in [6.07, 6.45) is 1.84. The van der Waals surface area contributed by atoms with Crippen molar-refractivity contribution in [1.82, 2.24) is 14.1 Å². The minimum atomic E-state index is -3.53. The molecule has 0 saturated carbocycles. The fourth-order valence-corrected chi connectivity index (χ4v) is 3.07. The molecule has 1 N–H and O–H groups in total. The van der Waals surface area contributed by atoms with E-state index in [0.717, 1.165) is 5.82 Å². The van der Waals surface area contributed by atoms with Crippen molar-refractivity contribution in [3.63, 3.8) is 0 Å². The molecule has 5 nitrogen and oxygen atoms in total. The molecule has 0 bridgehead atoms. The highest BCUT2D eigenvalue weighted by Gasteiger charge is 2.23. The van der Waals surface area contributed by atoms with Crippen molar-refractivity contribution in [2.24, 2.45) is 0 Å². The molecule has 2 aromatic rings. The van der Waals surface area contributed by atoms with Gasteiger partial charge < -0.3 is 4.40 Å². The van der Waals surface area contributed by atoms with Crippen LogP contribution < -0.4 is 4.72 Å². The Bertz CT molecular complexity index is 659. The number of nitrogens with one attached hydrogen (secondary N) is 1. The van der Waals surface area contributed by atoms with Crippen molar-refractivity contribution < 1.29 is 8.42 Å². The summed E-state index contributed by atoms with van der Waals surface area (Å²) in [6, 6.07) is 5.44. The molecule has 2 heterocycles. The van der Waals surface area contributed by atoms with Crippen LogP contribution in [0.25, 0.3) is 5.52 Å². The number of fused-ring (bicyclic) bond motifs is 1. The number of rotatable bonds is 4. The molecule has 0 aromatic carbocycles. The largest absolute Gasteiger partial charge is 0.302 e. The van der Waals surface area contributed by atoms with Crippen LogP contribution in [0.3, 0.4) is 0 Å². The van der Waals surface area contributed by atoms with E-state index in [1.165, 1.54) is 0 Å². The predicted molar refractivity (Wildman–Crippen MR) is 70.1 cm³/mol. The van der Waals surface area contributed by atoms with E-state index in [4.69, 9.17) is 0 Å². The Balaban J connectivity index is 2.73. The summed E-state index contributed by atoms with van der Waals surface area (Å²) in [5.74, 6) is 0.910. The maximum atomic E-state index is 12.1. The van der Waals surface area contributed by atoms with E-state index in [2.05, 4.69) is 9.71 Å². The smallest absolute Gasteiger partial charge is 0.260 e. The highest BCUT2D eigenvalue weighted by atomic mass is 32.2. The number of hydrogen-bond acceptors (Lipinski definition) is 3. The Kier molecular flexibility index (Phi) is 3.41.